The molecule has 0 spiro atoms. The van der Waals surface area contributed by atoms with Gasteiger partial charge in [0.25, 0.3) is 0 Å². The fraction of sp³-hybridized carbons (Fsp3) is 0.300. The van der Waals surface area contributed by atoms with E-state index in [0.29, 0.717) is 35.5 Å². The van der Waals surface area contributed by atoms with Gasteiger partial charge in [0.2, 0.25) is 0 Å². The number of rotatable bonds is 12. The molecule has 0 fully saturated rings. The minimum absolute atomic E-state index is 0.202. The molecular weight excluding hydrogens is 576 g/mol. The SMILES string of the molecule is CCC(COc1c2ccc(C)cc2c(OCC(CC)OC(=O)c2ccc(C)cc2)c2ccc(C)cc12)OC(=O)c1ccc(C)cc1. The van der Waals surface area contributed by atoms with Gasteiger partial charge in [-0.2, -0.15) is 0 Å². The van der Waals surface area contributed by atoms with E-state index in [-0.39, 0.29) is 25.2 Å². The summed E-state index contributed by atoms with van der Waals surface area (Å²) >= 11 is 0. The van der Waals surface area contributed by atoms with Gasteiger partial charge in [-0.15, -0.1) is 0 Å². The van der Waals surface area contributed by atoms with Crippen molar-refractivity contribution in [3.05, 3.63) is 118 Å². The van der Waals surface area contributed by atoms with Crippen molar-refractivity contribution in [3.63, 3.8) is 0 Å². The quantitative estimate of drug-likeness (QED) is 0.103. The molecule has 0 aliphatic carbocycles. The van der Waals surface area contributed by atoms with Crippen LogP contribution < -0.4 is 9.47 Å². The minimum atomic E-state index is -0.432. The Hall–Kier alpha value is -4.84. The topological polar surface area (TPSA) is 71.1 Å². The number of esters is 2. The molecule has 0 saturated carbocycles. The van der Waals surface area contributed by atoms with Crippen LogP contribution in [0, 0.1) is 27.7 Å². The number of fused-ring (bicyclic) bond motifs is 2. The molecule has 0 N–H and O–H groups in total. The lowest BCUT2D eigenvalue weighted by Crippen LogP contribution is -2.25. The second-order valence-corrected chi connectivity index (χ2v) is 12.0. The lowest BCUT2D eigenvalue weighted by atomic mass is 9.97. The van der Waals surface area contributed by atoms with E-state index in [1.807, 2.05) is 90.1 Å². The number of hydrogen-bond acceptors (Lipinski definition) is 6. The first-order chi connectivity index (χ1) is 22.2. The van der Waals surface area contributed by atoms with Crippen molar-refractivity contribution in [2.45, 2.75) is 66.6 Å². The Morgan fingerprint density at radius 2 is 0.848 bits per heavy atom. The van der Waals surface area contributed by atoms with Crippen LogP contribution in [0.1, 0.15) is 69.7 Å². The minimum Gasteiger partial charge on any atom is -0.488 e. The fourth-order valence-corrected chi connectivity index (χ4v) is 5.33. The summed E-state index contributed by atoms with van der Waals surface area (Å²) in [6.45, 7) is 12.4. The predicted octanol–water partition coefficient (Wildman–Crippen LogP) is 9.26. The molecule has 0 saturated heterocycles. The Labute approximate surface area is 271 Å². The van der Waals surface area contributed by atoms with Crippen LogP contribution in [0.5, 0.6) is 11.5 Å². The summed E-state index contributed by atoms with van der Waals surface area (Å²) < 4.78 is 24.8. The second kappa shape index (κ2) is 14.5. The van der Waals surface area contributed by atoms with E-state index in [1.165, 1.54) is 0 Å². The van der Waals surface area contributed by atoms with Gasteiger partial charge in [-0.25, -0.2) is 9.59 Å². The molecule has 5 aromatic carbocycles. The third-order valence-electron chi connectivity index (χ3n) is 8.19. The highest BCUT2D eigenvalue weighted by Crippen LogP contribution is 2.44. The normalized spacial score (nSPS) is 12.5. The molecule has 6 heteroatoms. The highest BCUT2D eigenvalue weighted by Gasteiger charge is 2.22. The Morgan fingerprint density at radius 1 is 0.500 bits per heavy atom. The van der Waals surface area contributed by atoms with Gasteiger partial charge in [0.05, 0.1) is 11.1 Å². The monoisotopic (exact) mass is 618 g/mol. The number of hydrogen-bond donors (Lipinski definition) is 0. The van der Waals surface area contributed by atoms with E-state index in [2.05, 4.69) is 12.1 Å². The van der Waals surface area contributed by atoms with Crippen LogP contribution in [0.2, 0.25) is 0 Å². The standard InChI is InChI=1S/C40H42O6/c1-7-31(45-39(41)29-15-9-25(3)10-16-29)23-43-37-33-19-13-28(6)22-36(33)38(34-20-14-27(5)21-35(34)37)44-24-32(8-2)46-40(42)30-17-11-26(4)12-18-30/h9-22,31-32H,7-8,23-24H2,1-6H3. The summed E-state index contributed by atoms with van der Waals surface area (Å²) in [5.74, 6) is 0.690. The van der Waals surface area contributed by atoms with Crippen LogP contribution >= 0.6 is 0 Å². The van der Waals surface area contributed by atoms with E-state index in [0.717, 1.165) is 43.8 Å². The van der Waals surface area contributed by atoms with Gasteiger partial charge in [0.15, 0.2) is 0 Å². The summed E-state index contributed by atoms with van der Waals surface area (Å²) in [5.41, 5.74) is 5.34. The Balaban J connectivity index is 1.43. The van der Waals surface area contributed by atoms with Crippen LogP contribution in [0.25, 0.3) is 21.5 Å². The molecule has 238 valence electrons. The lowest BCUT2D eigenvalue weighted by molar-refractivity contribution is 0.0159. The average Bonchev–Trinajstić information content (AvgIpc) is 3.05. The molecule has 0 bridgehead atoms. The Bertz CT molecular complexity index is 1700. The smallest absolute Gasteiger partial charge is 0.338 e. The van der Waals surface area contributed by atoms with Crippen molar-refractivity contribution in [1.82, 2.24) is 0 Å². The highest BCUT2D eigenvalue weighted by molar-refractivity contribution is 6.11. The molecule has 6 nitrogen and oxygen atoms in total. The zero-order chi connectivity index (χ0) is 32.8. The Morgan fingerprint density at radius 3 is 1.20 bits per heavy atom. The molecule has 0 amide bonds. The third kappa shape index (κ3) is 7.51. The molecular formula is C40H42O6. The van der Waals surface area contributed by atoms with Crippen LogP contribution in [-0.4, -0.2) is 37.4 Å². The zero-order valence-electron chi connectivity index (χ0n) is 27.5. The third-order valence-corrected chi connectivity index (χ3v) is 8.19. The Kier molecular flexibility index (Phi) is 10.3. The van der Waals surface area contributed by atoms with Gasteiger partial charge < -0.3 is 18.9 Å². The molecule has 0 radical (unpaired) electrons. The first-order valence-electron chi connectivity index (χ1n) is 15.9. The summed E-state index contributed by atoms with van der Waals surface area (Å²) in [6.07, 6.45) is 0.344. The summed E-state index contributed by atoms with van der Waals surface area (Å²) in [5, 5.41) is 3.58. The zero-order valence-corrected chi connectivity index (χ0v) is 27.5. The first-order valence-corrected chi connectivity index (χ1v) is 15.9. The second-order valence-electron chi connectivity index (χ2n) is 12.0. The summed E-state index contributed by atoms with van der Waals surface area (Å²) in [7, 11) is 0. The van der Waals surface area contributed by atoms with Crippen LogP contribution in [-0.2, 0) is 9.47 Å². The maximum atomic E-state index is 12.9. The van der Waals surface area contributed by atoms with Gasteiger partial charge in [0.1, 0.15) is 36.9 Å². The molecule has 0 aliphatic rings. The van der Waals surface area contributed by atoms with Crippen LogP contribution in [0.3, 0.4) is 0 Å². The van der Waals surface area contributed by atoms with Crippen molar-refractivity contribution < 1.29 is 28.5 Å². The van der Waals surface area contributed by atoms with E-state index < -0.39 is 12.2 Å². The molecule has 2 unspecified atom stereocenters. The van der Waals surface area contributed by atoms with Gasteiger partial charge in [0, 0.05) is 21.5 Å². The van der Waals surface area contributed by atoms with Crippen molar-refractivity contribution >= 4 is 33.5 Å². The van der Waals surface area contributed by atoms with Gasteiger partial charge >= 0.3 is 11.9 Å². The highest BCUT2D eigenvalue weighted by atomic mass is 16.6. The van der Waals surface area contributed by atoms with E-state index in [1.54, 1.807) is 24.3 Å². The van der Waals surface area contributed by atoms with Gasteiger partial charge in [-0.3, -0.25) is 0 Å². The molecule has 0 heterocycles. The van der Waals surface area contributed by atoms with Crippen molar-refractivity contribution in [1.29, 1.82) is 0 Å². The van der Waals surface area contributed by atoms with Crippen molar-refractivity contribution in [3.8, 4) is 11.5 Å². The summed E-state index contributed by atoms with van der Waals surface area (Å²) in [4.78, 5) is 25.8. The molecule has 46 heavy (non-hydrogen) atoms. The van der Waals surface area contributed by atoms with Crippen LogP contribution in [0.15, 0.2) is 84.9 Å². The summed E-state index contributed by atoms with van der Waals surface area (Å²) in [6, 6.07) is 27.1. The maximum absolute atomic E-state index is 12.9. The van der Waals surface area contributed by atoms with Crippen molar-refractivity contribution in [2.24, 2.45) is 0 Å². The number of benzene rings is 5. The van der Waals surface area contributed by atoms with E-state index >= 15 is 0 Å². The number of ether oxygens (including phenoxy) is 4. The maximum Gasteiger partial charge on any atom is 0.338 e. The van der Waals surface area contributed by atoms with E-state index in [4.69, 9.17) is 18.9 Å². The number of carbonyl (C=O) groups is 2. The predicted molar refractivity (Wildman–Crippen MR) is 183 cm³/mol. The molecule has 5 aromatic rings. The average molecular weight is 619 g/mol. The molecule has 2 atom stereocenters. The van der Waals surface area contributed by atoms with E-state index in [9.17, 15) is 9.59 Å². The van der Waals surface area contributed by atoms with Crippen molar-refractivity contribution in [2.75, 3.05) is 13.2 Å². The van der Waals surface area contributed by atoms with Gasteiger partial charge in [-0.05, 0) is 76.9 Å². The molecule has 0 aromatic heterocycles. The lowest BCUT2D eigenvalue weighted by Gasteiger charge is -2.22. The fourth-order valence-electron chi connectivity index (χ4n) is 5.33. The van der Waals surface area contributed by atoms with Gasteiger partial charge in [-0.1, -0.05) is 84.6 Å². The molecule has 0 aliphatic heterocycles. The number of aryl methyl sites for hydroxylation is 4. The largest absolute Gasteiger partial charge is 0.488 e. The number of carbonyl (C=O) groups excluding carboxylic acids is 2. The molecule has 5 rings (SSSR count). The van der Waals surface area contributed by atoms with Crippen LogP contribution in [0.4, 0.5) is 0 Å². The first kappa shape index (κ1) is 32.6.